The van der Waals surface area contributed by atoms with Gasteiger partial charge in [0.25, 0.3) is 0 Å². The largest absolute Gasteiger partial charge is 0.336 e. The fraction of sp³-hybridized carbons (Fsp3) is 0.929. The van der Waals surface area contributed by atoms with Gasteiger partial charge in [-0.15, -0.1) is 0 Å². The molecular weight excluding hydrogens is 226 g/mol. The Balaban J connectivity index is 2.48. The van der Waals surface area contributed by atoms with Gasteiger partial charge in [-0.25, -0.2) is 0 Å². The summed E-state index contributed by atoms with van der Waals surface area (Å²) in [6.07, 6.45) is 1.73. The van der Waals surface area contributed by atoms with Gasteiger partial charge in [-0.2, -0.15) is 0 Å². The van der Waals surface area contributed by atoms with Crippen molar-refractivity contribution in [3.63, 3.8) is 0 Å². The highest BCUT2D eigenvalue weighted by molar-refractivity contribution is 5.77. The molecule has 0 aromatic rings. The summed E-state index contributed by atoms with van der Waals surface area (Å²) in [4.78, 5) is 14.3. The zero-order valence-corrected chi connectivity index (χ0v) is 12.3. The van der Waals surface area contributed by atoms with Crippen LogP contribution >= 0.6 is 0 Å². The van der Waals surface area contributed by atoms with Crippen molar-refractivity contribution >= 4 is 5.91 Å². The Kier molecular flexibility index (Phi) is 5.60. The monoisotopic (exact) mass is 255 g/mol. The first-order valence-electron chi connectivity index (χ1n) is 7.03. The van der Waals surface area contributed by atoms with E-state index in [1.165, 1.54) is 0 Å². The molecule has 0 aromatic heterocycles. The second-order valence-corrected chi connectivity index (χ2v) is 6.75. The first-order chi connectivity index (χ1) is 8.33. The summed E-state index contributed by atoms with van der Waals surface area (Å²) in [5.41, 5.74) is 6.02. The minimum Gasteiger partial charge on any atom is -0.336 e. The lowest BCUT2D eigenvalue weighted by atomic mass is 9.84. The lowest BCUT2D eigenvalue weighted by Gasteiger charge is -2.36. The van der Waals surface area contributed by atoms with Crippen LogP contribution in [-0.4, -0.2) is 43.0 Å². The first-order valence-corrected chi connectivity index (χ1v) is 7.03. The maximum atomic E-state index is 12.3. The zero-order chi connectivity index (χ0) is 13.8. The quantitative estimate of drug-likeness (QED) is 0.794. The van der Waals surface area contributed by atoms with Gasteiger partial charge in [0.05, 0.1) is 6.04 Å². The second kappa shape index (κ2) is 6.53. The predicted molar refractivity (Wildman–Crippen MR) is 75.3 cm³/mol. The van der Waals surface area contributed by atoms with Gasteiger partial charge >= 0.3 is 0 Å². The first kappa shape index (κ1) is 15.4. The molecule has 0 aromatic carbocycles. The standard InChI is InChI=1S/C14H29N3O/c1-11(8-14(2,3)4)7-13(18)17-6-5-16-10-12(17)9-15/h11-12,16H,5-10,15H2,1-4H3. The molecule has 2 unspecified atom stereocenters. The van der Waals surface area contributed by atoms with Gasteiger partial charge in [0.1, 0.15) is 0 Å². The Bertz CT molecular complexity index is 273. The minimum atomic E-state index is 0.174. The Hall–Kier alpha value is -0.610. The minimum absolute atomic E-state index is 0.174. The van der Waals surface area contributed by atoms with Gasteiger partial charge < -0.3 is 16.0 Å². The van der Waals surface area contributed by atoms with Crippen LogP contribution in [0.2, 0.25) is 0 Å². The molecule has 106 valence electrons. The number of piperazine rings is 1. The lowest BCUT2D eigenvalue weighted by Crippen LogP contribution is -2.56. The highest BCUT2D eigenvalue weighted by Gasteiger charge is 2.27. The summed E-state index contributed by atoms with van der Waals surface area (Å²) in [7, 11) is 0. The van der Waals surface area contributed by atoms with Gasteiger partial charge in [0.15, 0.2) is 0 Å². The molecule has 0 spiro atoms. The van der Waals surface area contributed by atoms with Gasteiger partial charge in [0.2, 0.25) is 5.91 Å². The second-order valence-electron chi connectivity index (χ2n) is 6.75. The van der Waals surface area contributed by atoms with E-state index >= 15 is 0 Å². The van der Waals surface area contributed by atoms with Crippen molar-refractivity contribution in [3.8, 4) is 0 Å². The molecule has 1 saturated heterocycles. The summed E-state index contributed by atoms with van der Waals surface area (Å²) < 4.78 is 0. The van der Waals surface area contributed by atoms with E-state index < -0.39 is 0 Å². The number of rotatable bonds is 4. The van der Waals surface area contributed by atoms with E-state index in [1.807, 2.05) is 4.90 Å². The molecule has 1 amide bonds. The highest BCUT2D eigenvalue weighted by Crippen LogP contribution is 2.26. The van der Waals surface area contributed by atoms with E-state index in [2.05, 4.69) is 33.0 Å². The number of hydrogen-bond donors (Lipinski definition) is 2. The summed E-state index contributed by atoms with van der Waals surface area (Å²) in [5, 5.41) is 3.29. The third-order valence-electron chi connectivity index (χ3n) is 3.43. The maximum Gasteiger partial charge on any atom is 0.223 e. The molecule has 0 aliphatic carbocycles. The third-order valence-corrected chi connectivity index (χ3v) is 3.43. The number of nitrogens with two attached hydrogens (primary N) is 1. The summed E-state index contributed by atoms with van der Waals surface area (Å²) >= 11 is 0. The van der Waals surface area contributed by atoms with Gasteiger partial charge in [-0.1, -0.05) is 27.7 Å². The Labute approximate surface area is 111 Å². The molecule has 4 nitrogen and oxygen atoms in total. The topological polar surface area (TPSA) is 58.4 Å². The number of amides is 1. The van der Waals surface area contributed by atoms with Crippen LogP contribution in [0.25, 0.3) is 0 Å². The van der Waals surface area contributed by atoms with E-state index in [9.17, 15) is 4.79 Å². The fourth-order valence-electron chi connectivity index (χ4n) is 2.83. The predicted octanol–water partition coefficient (Wildman–Crippen LogP) is 1.21. The van der Waals surface area contributed by atoms with Gasteiger partial charge in [0, 0.05) is 32.6 Å². The normalized spacial score (nSPS) is 22.9. The molecule has 1 rings (SSSR count). The highest BCUT2D eigenvalue weighted by atomic mass is 16.2. The molecule has 0 saturated carbocycles. The Morgan fingerprint density at radius 2 is 2.17 bits per heavy atom. The van der Waals surface area contributed by atoms with Crippen LogP contribution in [-0.2, 0) is 4.79 Å². The van der Waals surface area contributed by atoms with Crippen molar-refractivity contribution < 1.29 is 4.79 Å². The average molecular weight is 255 g/mol. The van der Waals surface area contributed by atoms with Crippen molar-refractivity contribution in [2.75, 3.05) is 26.2 Å². The molecular formula is C14H29N3O. The average Bonchev–Trinajstić information content (AvgIpc) is 2.26. The number of nitrogens with one attached hydrogen (secondary N) is 1. The fourth-order valence-corrected chi connectivity index (χ4v) is 2.83. The molecule has 1 fully saturated rings. The van der Waals surface area contributed by atoms with Crippen LogP contribution < -0.4 is 11.1 Å². The number of carbonyl (C=O) groups is 1. The summed E-state index contributed by atoms with van der Waals surface area (Å²) in [5.74, 6) is 0.703. The molecule has 1 heterocycles. The Morgan fingerprint density at radius 1 is 1.50 bits per heavy atom. The smallest absolute Gasteiger partial charge is 0.223 e. The molecule has 18 heavy (non-hydrogen) atoms. The van der Waals surface area contributed by atoms with Gasteiger partial charge in [-0.3, -0.25) is 4.79 Å². The number of carbonyl (C=O) groups excluding carboxylic acids is 1. The third kappa shape index (κ3) is 4.94. The van der Waals surface area contributed by atoms with Crippen LogP contribution in [0.4, 0.5) is 0 Å². The molecule has 0 radical (unpaired) electrons. The van der Waals surface area contributed by atoms with Crippen molar-refractivity contribution in [3.05, 3.63) is 0 Å². The van der Waals surface area contributed by atoms with E-state index in [1.54, 1.807) is 0 Å². The summed E-state index contributed by atoms with van der Waals surface area (Å²) in [6, 6.07) is 0.174. The van der Waals surface area contributed by atoms with Crippen molar-refractivity contribution in [2.45, 2.75) is 46.6 Å². The van der Waals surface area contributed by atoms with E-state index in [0.717, 1.165) is 26.1 Å². The molecule has 1 aliphatic rings. The summed E-state index contributed by atoms with van der Waals surface area (Å²) in [6.45, 7) is 11.9. The van der Waals surface area contributed by atoms with Crippen LogP contribution in [0.15, 0.2) is 0 Å². The van der Waals surface area contributed by atoms with Crippen LogP contribution in [0, 0.1) is 11.3 Å². The van der Waals surface area contributed by atoms with Crippen LogP contribution in [0.5, 0.6) is 0 Å². The molecule has 4 heteroatoms. The zero-order valence-electron chi connectivity index (χ0n) is 12.3. The molecule has 2 atom stereocenters. The van der Waals surface area contributed by atoms with Crippen molar-refractivity contribution in [1.82, 2.24) is 10.2 Å². The van der Waals surface area contributed by atoms with Crippen molar-refractivity contribution in [2.24, 2.45) is 17.1 Å². The van der Waals surface area contributed by atoms with Crippen LogP contribution in [0.1, 0.15) is 40.5 Å². The molecule has 3 N–H and O–H groups in total. The van der Waals surface area contributed by atoms with Crippen LogP contribution in [0.3, 0.4) is 0 Å². The van der Waals surface area contributed by atoms with E-state index in [-0.39, 0.29) is 17.4 Å². The molecule has 1 aliphatic heterocycles. The van der Waals surface area contributed by atoms with E-state index in [0.29, 0.717) is 18.9 Å². The van der Waals surface area contributed by atoms with Gasteiger partial charge in [-0.05, 0) is 17.8 Å². The SMILES string of the molecule is CC(CC(=O)N1CCNCC1CN)CC(C)(C)C. The number of nitrogens with zero attached hydrogens (tertiary/aromatic N) is 1. The van der Waals surface area contributed by atoms with Crippen molar-refractivity contribution in [1.29, 1.82) is 0 Å². The van der Waals surface area contributed by atoms with E-state index in [4.69, 9.17) is 5.73 Å². The molecule has 0 bridgehead atoms. The Morgan fingerprint density at radius 3 is 2.72 bits per heavy atom. The lowest BCUT2D eigenvalue weighted by molar-refractivity contribution is -0.135. The number of hydrogen-bond acceptors (Lipinski definition) is 3. The maximum absolute atomic E-state index is 12.3.